The van der Waals surface area contributed by atoms with Gasteiger partial charge in [0.05, 0.1) is 11.5 Å². The maximum Gasteiger partial charge on any atom is 0.410 e. The quantitative estimate of drug-likeness (QED) is 0.688. The van der Waals surface area contributed by atoms with Crippen LogP contribution in [0, 0.1) is 24.7 Å². The third-order valence-electron chi connectivity index (χ3n) is 5.68. The van der Waals surface area contributed by atoms with Gasteiger partial charge in [0.15, 0.2) is 0 Å². The van der Waals surface area contributed by atoms with Gasteiger partial charge in [0, 0.05) is 13.1 Å². The molecule has 1 aromatic rings. The Morgan fingerprint density at radius 1 is 1.11 bits per heavy atom. The Morgan fingerprint density at radius 3 is 2.21 bits per heavy atom. The van der Waals surface area contributed by atoms with E-state index in [9.17, 15) is 13.2 Å². The molecule has 1 saturated carbocycles. The molecule has 0 N–H and O–H groups in total. The Hall–Kier alpha value is -1.60. The standard InChI is InChI=1S/C21H31NO5S/c1-15-5-9-18(10-6-15)28(24,25)26-12-11-19-16-7-8-17(19)14-22(13-16)20(23)27-21(2,3)4/h5-6,9-10,16-17,19H,7-8,11-14H2,1-4H3. The van der Waals surface area contributed by atoms with Crippen molar-refractivity contribution in [1.82, 2.24) is 4.90 Å². The molecular formula is C21H31NO5S. The summed E-state index contributed by atoms with van der Waals surface area (Å²) in [4.78, 5) is 14.4. The van der Waals surface area contributed by atoms with Gasteiger partial charge in [-0.2, -0.15) is 8.42 Å². The van der Waals surface area contributed by atoms with E-state index in [1.165, 1.54) is 0 Å². The molecule has 7 heteroatoms. The molecule has 1 heterocycles. The van der Waals surface area contributed by atoms with Crippen LogP contribution in [0.25, 0.3) is 0 Å². The number of aryl methyl sites for hydroxylation is 1. The average molecular weight is 410 g/mol. The molecular weight excluding hydrogens is 378 g/mol. The smallest absolute Gasteiger partial charge is 0.410 e. The van der Waals surface area contributed by atoms with E-state index in [1.807, 2.05) is 32.6 Å². The number of carbonyl (C=O) groups is 1. The van der Waals surface area contributed by atoms with Crippen LogP contribution < -0.4 is 0 Å². The van der Waals surface area contributed by atoms with Crippen LogP contribution in [-0.4, -0.2) is 44.7 Å². The summed E-state index contributed by atoms with van der Waals surface area (Å²) in [7, 11) is -3.72. The van der Waals surface area contributed by atoms with Crippen molar-refractivity contribution in [3.8, 4) is 0 Å². The predicted octanol–water partition coefficient (Wildman–Crippen LogP) is 3.98. The number of fused-ring (bicyclic) bond motifs is 2. The summed E-state index contributed by atoms with van der Waals surface area (Å²) in [5.41, 5.74) is 0.512. The lowest BCUT2D eigenvalue weighted by atomic mass is 9.83. The van der Waals surface area contributed by atoms with Gasteiger partial charge >= 0.3 is 6.09 Å². The lowest BCUT2D eigenvalue weighted by Crippen LogP contribution is -2.47. The molecule has 1 amide bonds. The zero-order valence-electron chi connectivity index (χ0n) is 17.2. The fourth-order valence-corrected chi connectivity index (χ4v) is 5.27. The summed E-state index contributed by atoms with van der Waals surface area (Å²) < 4.78 is 35.5. The maximum absolute atomic E-state index is 12.4. The first-order valence-electron chi connectivity index (χ1n) is 9.99. The Balaban J connectivity index is 1.53. The largest absolute Gasteiger partial charge is 0.444 e. The predicted molar refractivity (Wildman–Crippen MR) is 106 cm³/mol. The van der Waals surface area contributed by atoms with Gasteiger partial charge in [0.25, 0.3) is 10.1 Å². The molecule has 2 aliphatic rings. The topological polar surface area (TPSA) is 72.9 Å². The zero-order valence-corrected chi connectivity index (χ0v) is 18.0. The van der Waals surface area contributed by atoms with Crippen molar-refractivity contribution in [3.05, 3.63) is 29.8 Å². The van der Waals surface area contributed by atoms with Crippen LogP contribution in [0.4, 0.5) is 4.79 Å². The molecule has 0 radical (unpaired) electrons. The number of nitrogens with zero attached hydrogens (tertiary/aromatic N) is 1. The van der Waals surface area contributed by atoms with Crippen LogP contribution in [0.2, 0.25) is 0 Å². The first-order chi connectivity index (χ1) is 13.0. The van der Waals surface area contributed by atoms with Gasteiger partial charge in [-0.05, 0) is 76.8 Å². The van der Waals surface area contributed by atoms with E-state index in [1.54, 1.807) is 24.3 Å². The number of hydrogen-bond donors (Lipinski definition) is 0. The summed E-state index contributed by atoms with van der Waals surface area (Å²) >= 11 is 0. The van der Waals surface area contributed by atoms with Crippen molar-refractivity contribution in [2.24, 2.45) is 17.8 Å². The zero-order chi connectivity index (χ0) is 20.5. The number of rotatable bonds is 5. The second-order valence-electron chi connectivity index (χ2n) is 9.02. The molecule has 1 saturated heterocycles. The molecule has 156 valence electrons. The molecule has 3 rings (SSSR count). The van der Waals surface area contributed by atoms with E-state index >= 15 is 0 Å². The van der Waals surface area contributed by atoms with Gasteiger partial charge in [-0.1, -0.05) is 17.7 Å². The van der Waals surface area contributed by atoms with Crippen molar-refractivity contribution < 1.29 is 22.1 Å². The third kappa shape index (κ3) is 5.06. The summed E-state index contributed by atoms with van der Waals surface area (Å²) in [5.74, 6) is 1.17. The van der Waals surface area contributed by atoms with Crippen LogP contribution in [0.15, 0.2) is 29.2 Å². The van der Waals surface area contributed by atoms with Gasteiger partial charge in [-0.15, -0.1) is 0 Å². The first kappa shape index (κ1) is 21.1. The van der Waals surface area contributed by atoms with Gasteiger partial charge < -0.3 is 9.64 Å². The highest BCUT2D eigenvalue weighted by atomic mass is 32.2. The van der Waals surface area contributed by atoms with Crippen molar-refractivity contribution in [3.63, 3.8) is 0 Å². The minimum Gasteiger partial charge on any atom is -0.444 e. The second-order valence-corrected chi connectivity index (χ2v) is 10.6. The maximum atomic E-state index is 12.4. The minimum absolute atomic E-state index is 0.181. The van der Waals surface area contributed by atoms with E-state index in [0.29, 0.717) is 37.3 Å². The SMILES string of the molecule is Cc1ccc(S(=O)(=O)OCCC2C3CCC2CN(C(=O)OC(C)(C)C)C3)cc1. The normalized spacial score (nSPS) is 25.0. The number of hydrogen-bond acceptors (Lipinski definition) is 5. The van der Waals surface area contributed by atoms with Gasteiger partial charge in [0.2, 0.25) is 0 Å². The van der Waals surface area contributed by atoms with Crippen molar-refractivity contribution in [2.45, 2.75) is 57.5 Å². The molecule has 2 atom stereocenters. The number of benzene rings is 1. The Kier molecular flexibility index (Phi) is 6.05. The third-order valence-corrected chi connectivity index (χ3v) is 7.01. The van der Waals surface area contributed by atoms with Gasteiger partial charge in [0.1, 0.15) is 5.60 Å². The molecule has 1 aliphatic heterocycles. The minimum atomic E-state index is -3.72. The highest BCUT2D eigenvalue weighted by Crippen LogP contribution is 2.44. The van der Waals surface area contributed by atoms with E-state index < -0.39 is 15.7 Å². The molecule has 2 fully saturated rings. The number of ether oxygens (including phenoxy) is 1. The Morgan fingerprint density at radius 2 is 1.68 bits per heavy atom. The molecule has 1 aromatic carbocycles. The Labute approximate surface area is 168 Å². The fourth-order valence-electron chi connectivity index (χ4n) is 4.35. The molecule has 6 nitrogen and oxygen atoms in total. The van der Waals surface area contributed by atoms with Crippen LogP contribution in [-0.2, 0) is 19.0 Å². The van der Waals surface area contributed by atoms with E-state index in [2.05, 4.69) is 0 Å². The van der Waals surface area contributed by atoms with Gasteiger partial charge in [-0.25, -0.2) is 4.79 Å². The molecule has 28 heavy (non-hydrogen) atoms. The molecule has 0 aromatic heterocycles. The fraction of sp³-hybridized carbons (Fsp3) is 0.667. The first-order valence-corrected chi connectivity index (χ1v) is 11.4. The highest BCUT2D eigenvalue weighted by Gasteiger charge is 2.43. The van der Waals surface area contributed by atoms with Crippen molar-refractivity contribution in [2.75, 3.05) is 19.7 Å². The van der Waals surface area contributed by atoms with E-state index in [-0.39, 0.29) is 17.6 Å². The van der Waals surface area contributed by atoms with Crippen molar-refractivity contribution >= 4 is 16.2 Å². The monoisotopic (exact) mass is 409 g/mol. The van der Waals surface area contributed by atoms with Crippen LogP contribution >= 0.6 is 0 Å². The number of amides is 1. The number of piperidine rings is 1. The van der Waals surface area contributed by atoms with Crippen LogP contribution in [0.3, 0.4) is 0 Å². The second kappa shape index (κ2) is 8.03. The van der Waals surface area contributed by atoms with E-state index in [4.69, 9.17) is 8.92 Å². The molecule has 2 bridgehead atoms. The lowest BCUT2D eigenvalue weighted by Gasteiger charge is -2.38. The Bertz CT molecular complexity index is 783. The molecule has 1 aliphatic carbocycles. The number of carbonyl (C=O) groups excluding carboxylic acids is 1. The summed E-state index contributed by atoms with van der Waals surface area (Å²) in [6, 6.07) is 6.69. The summed E-state index contributed by atoms with van der Waals surface area (Å²) in [6.45, 7) is 9.08. The summed E-state index contributed by atoms with van der Waals surface area (Å²) in [5, 5.41) is 0. The average Bonchev–Trinajstić information content (AvgIpc) is 2.82. The number of likely N-dealkylation sites (tertiary alicyclic amines) is 1. The van der Waals surface area contributed by atoms with Crippen molar-refractivity contribution in [1.29, 1.82) is 0 Å². The molecule has 0 spiro atoms. The highest BCUT2D eigenvalue weighted by molar-refractivity contribution is 7.86. The van der Waals surface area contributed by atoms with Crippen LogP contribution in [0.5, 0.6) is 0 Å². The van der Waals surface area contributed by atoms with Crippen LogP contribution in [0.1, 0.15) is 45.6 Å². The summed E-state index contributed by atoms with van der Waals surface area (Å²) in [6.07, 6.45) is 2.59. The van der Waals surface area contributed by atoms with E-state index in [0.717, 1.165) is 18.4 Å². The lowest BCUT2D eigenvalue weighted by molar-refractivity contribution is 0.00636. The molecule has 2 unspecified atom stereocenters. The van der Waals surface area contributed by atoms with Gasteiger partial charge in [-0.3, -0.25) is 4.18 Å².